The van der Waals surface area contributed by atoms with E-state index in [2.05, 4.69) is 15.1 Å². The molecule has 110 valence electrons. The average Bonchev–Trinajstić information content (AvgIpc) is 3.11. The van der Waals surface area contributed by atoms with Crippen molar-refractivity contribution < 1.29 is 0 Å². The van der Waals surface area contributed by atoms with Gasteiger partial charge in [-0.15, -0.1) is 0 Å². The molecule has 4 nitrogen and oxygen atoms in total. The largest absolute Gasteiger partial charge is 0.333 e. The van der Waals surface area contributed by atoms with E-state index >= 15 is 0 Å². The van der Waals surface area contributed by atoms with Gasteiger partial charge in [0.2, 0.25) is 0 Å². The van der Waals surface area contributed by atoms with E-state index in [1.165, 1.54) is 12.8 Å². The monoisotopic (exact) mass is 320 g/mol. The Bertz CT molecular complexity index is 693. The molecule has 6 heteroatoms. The molecule has 2 aromatic heterocycles. The zero-order valence-corrected chi connectivity index (χ0v) is 13.2. The molecule has 0 amide bonds. The molecule has 0 saturated carbocycles. The number of rotatable bonds is 7. The van der Waals surface area contributed by atoms with Gasteiger partial charge in [-0.2, -0.15) is 5.10 Å². The fourth-order valence-electron chi connectivity index (χ4n) is 2.18. The lowest BCUT2D eigenvalue weighted by molar-refractivity contribution is 0.554. The van der Waals surface area contributed by atoms with Crippen molar-refractivity contribution in [1.29, 1.82) is 0 Å². The molecule has 2 heterocycles. The van der Waals surface area contributed by atoms with Crippen LogP contribution in [0, 0.1) is 0 Å². The van der Waals surface area contributed by atoms with E-state index in [9.17, 15) is 0 Å². The molecule has 3 aromatic rings. The van der Waals surface area contributed by atoms with E-state index in [1.54, 1.807) is 11.8 Å². The molecule has 3 rings (SSSR count). The molecule has 0 aliphatic carbocycles. The molecule has 0 saturated heterocycles. The number of unbranched alkanes of at least 4 members (excludes halogenated alkanes) is 2. The van der Waals surface area contributed by atoms with Crippen LogP contribution in [0.2, 0.25) is 5.02 Å². The third-order valence-corrected chi connectivity index (χ3v) is 4.45. The van der Waals surface area contributed by atoms with Gasteiger partial charge in [-0.25, -0.2) is 4.98 Å². The van der Waals surface area contributed by atoms with Crippen molar-refractivity contribution in [2.75, 3.05) is 5.75 Å². The van der Waals surface area contributed by atoms with Crippen molar-refractivity contribution >= 4 is 34.4 Å². The number of nitrogens with one attached hydrogen (secondary N) is 1. The molecule has 0 aliphatic heterocycles. The zero-order valence-electron chi connectivity index (χ0n) is 11.6. The molecule has 0 unspecified atom stereocenters. The highest BCUT2D eigenvalue weighted by Crippen LogP contribution is 2.22. The Balaban J connectivity index is 1.40. The van der Waals surface area contributed by atoms with Gasteiger partial charge in [0.05, 0.1) is 11.0 Å². The lowest BCUT2D eigenvalue weighted by Gasteiger charge is -2.01. The van der Waals surface area contributed by atoms with Gasteiger partial charge in [0.25, 0.3) is 0 Å². The highest BCUT2D eigenvalue weighted by Gasteiger charge is 2.03. The third-order valence-electron chi connectivity index (χ3n) is 3.25. The van der Waals surface area contributed by atoms with Crippen LogP contribution in [0.5, 0.6) is 0 Å². The minimum Gasteiger partial charge on any atom is -0.333 e. The number of thioether (sulfide) groups is 1. The summed E-state index contributed by atoms with van der Waals surface area (Å²) in [6.45, 7) is 1.00. The maximum absolute atomic E-state index is 5.97. The summed E-state index contributed by atoms with van der Waals surface area (Å²) in [6, 6.07) is 7.69. The summed E-state index contributed by atoms with van der Waals surface area (Å²) in [5.41, 5.74) is 1.98. The topological polar surface area (TPSA) is 46.5 Å². The Morgan fingerprint density at radius 1 is 1.24 bits per heavy atom. The number of imidazole rings is 1. The normalized spacial score (nSPS) is 11.3. The van der Waals surface area contributed by atoms with Crippen LogP contribution >= 0.6 is 23.4 Å². The average molecular weight is 321 g/mol. The van der Waals surface area contributed by atoms with Gasteiger partial charge in [-0.3, -0.25) is 4.68 Å². The molecule has 0 radical (unpaired) electrons. The number of benzene rings is 1. The lowest BCUT2D eigenvalue weighted by Crippen LogP contribution is -1.98. The van der Waals surface area contributed by atoms with Crippen molar-refractivity contribution in [3.05, 3.63) is 41.7 Å². The van der Waals surface area contributed by atoms with Gasteiger partial charge in [0.1, 0.15) is 0 Å². The zero-order chi connectivity index (χ0) is 14.5. The van der Waals surface area contributed by atoms with Crippen LogP contribution in [-0.2, 0) is 6.54 Å². The summed E-state index contributed by atoms with van der Waals surface area (Å²) in [7, 11) is 0. The molecule has 0 bridgehead atoms. The van der Waals surface area contributed by atoms with Crippen LogP contribution in [0.3, 0.4) is 0 Å². The SMILES string of the molecule is Clc1ccc2nc(SCCCCCn3cccn3)[nH]c2c1. The summed E-state index contributed by atoms with van der Waals surface area (Å²) in [4.78, 5) is 7.85. The number of H-pyrrole nitrogens is 1. The third kappa shape index (κ3) is 4.02. The van der Waals surface area contributed by atoms with Gasteiger partial charge in [0, 0.05) is 29.7 Å². The first kappa shape index (κ1) is 14.5. The molecule has 0 aliphatic rings. The molecule has 1 aromatic carbocycles. The maximum Gasteiger partial charge on any atom is 0.166 e. The first-order valence-electron chi connectivity index (χ1n) is 7.07. The summed E-state index contributed by atoms with van der Waals surface area (Å²) in [5.74, 6) is 1.08. The first-order chi connectivity index (χ1) is 10.3. The number of aromatic nitrogens is 4. The van der Waals surface area contributed by atoms with Gasteiger partial charge < -0.3 is 4.98 Å². The van der Waals surface area contributed by atoms with E-state index in [4.69, 9.17) is 11.6 Å². The second-order valence-corrected chi connectivity index (χ2v) is 6.40. The second-order valence-electron chi connectivity index (χ2n) is 4.88. The van der Waals surface area contributed by atoms with Crippen molar-refractivity contribution in [3.8, 4) is 0 Å². The minimum absolute atomic E-state index is 0.737. The number of hydrogen-bond donors (Lipinski definition) is 1. The number of hydrogen-bond acceptors (Lipinski definition) is 3. The van der Waals surface area contributed by atoms with Crippen LogP contribution in [0.15, 0.2) is 41.8 Å². The minimum atomic E-state index is 0.737. The maximum atomic E-state index is 5.97. The molecule has 0 fully saturated rings. The smallest absolute Gasteiger partial charge is 0.166 e. The Kier molecular flexibility index (Phi) is 4.83. The Morgan fingerprint density at radius 3 is 3.05 bits per heavy atom. The van der Waals surface area contributed by atoms with Crippen molar-refractivity contribution in [3.63, 3.8) is 0 Å². The molecular formula is C15H17ClN4S. The van der Waals surface area contributed by atoms with Gasteiger partial charge in [-0.05, 0) is 37.1 Å². The predicted octanol–water partition coefficient (Wildman–Crippen LogP) is 4.38. The summed E-state index contributed by atoms with van der Waals surface area (Å²) < 4.78 is 1.98. The van der Waals surface area contributed by atoms with E-state index < -0.39 is 0 Å². The quantitative estimate of drug-likeness (QED) is 0.519. The molecule has 0 spiro atoms. The first-order valence-corrected chi connectivity index (χ1v) is 8.43. The molecule has 21 heavy (non-hydrogen) atoms. The van der Waals surface area contributed by atoms with Crippen LogP contribution in [-0.4, -0.2) is 25.5 Å². The number of nitrogens with zero attached hydrogens (tertiary/aromatic N) is 3. The fourth-order valence-corrected chi connectivity index (χ4v) is 3.24. The Labute approximate surface area is 132 Å². The van der Waals surface area contributed by atoms with Crippen LogP contribution in [0.4, 0.5) is 0 Å². The van der Waals surface area contributed by atoms with E-state index in [0.717, 1.165) is 39.9 Å². The van der Waals surface area contributed by atoms with Gasteiger partial charge in [-0.1, -0.05) is 29.8 Å². The number of aromatic amines is 1. The standard InChI is InChI=1S/C15H17ClN4S/c16-12-5-6-13-14(11-12)19-15(18-13)21-10-3-1-2-8-20-9-4-7-17-20/h4-7,9,11H,1-3,8,10H2,(H,18,19). The van der Waals surface area contributed by atoms with Crippen molar-refractivity contribution in [2.24, 2.45) is 0 Å². The number of aryl methyl sites for hydroxylation is 1. The van der Waals surface area contributed by atoms with Crippen molar-refractivity contribution in [2.45, 2.75) is 31.0 Å². The number of halogens is 1. The second kappa shape index (κ2) is 7.00. The summed E-state index contributed by atoms with van der Waals surface area (Å²) in [6.07, 6.45) is 7.39. The van der Waals surface area contributed by atoms with Gasteiger partial charge >= 0.3 is 0 Å². The summed E-state index contributed by atoms with van der Waals surface area (Å²) in [5, 5.41) is 5.91. The summed E-state index contributed by atoms with van der Waals surface area (Å²) >= 11 is 7.74. The molecule has 1 N–H and O–H groups in total. The highest BCUT2D eigenvalue weighted by atomic mass is 35.5. The van der Waals surface area contributed by atoms with Crippen molar-refractivity contribution in [1.82, 2.24) is 19.7 Å². The van der Waals surface area contributed by atoms with Crippen LogP contribution in [0.25, 0.3) is 11.0 Å². The highest BCUT2D eigenvalue weighted by molar-refractivity contribution is 7.99. The van der Waals surface area contributed by atoms with Gasteiger partial charge in [0.15, 0.2) is 5.16 Å². The van der Waals surface area contributed by atoms with Crippen LogP contribution < -0.4 is 0 Å². The van der Waals surface area contributed by atoms with E-state index in [0.29, 0.717) is 0 Å². The molecule has 0 atom stereocenters. The van der Waals surface area contributed by atoms with Crippen LogP contribution in [0.1, 0.15) is 19.3 Å². The lowest BCUT2D eigenvalue weighted by atomic mass is 10.2. The Hall–Kier alpha value is -1.46. The predicted molar refractivity (Wildman–Crippen MR) is 87.9 cm³/mol. The Morgan fingerprint density at radius 2 is 2.19 bits per heavy atom. The molecular weight excluding hydrogens is 304 g/mol. The number of fused-ring (bicyclic) bond motifs is 1. The van der Waals surface area contributed by atoms with E-state index in [1.807, 2.05) is 41.3 Å². The fraction of sp³-hybridized carbons (Fsp3) is 0.333. The van der Waals surface area contributed by atoms with E-state index in [-0.39, 0.29) is 0 Å².